The van der Waals surface area contributed by atoms with Gasteiger partial charge in [0.1, 0.15) is 5.75 Å². The second-order valence-corrected chi connectivity index (χ2v) is 5.67. The highest BCUT2D eigenvalue weighted by Crippen LogP contribution is 2.23. The number of nitrogens with zero attached hydrogens (tertiary/aromatic N) is 1. The number of hydrogen-bond donors (Lipinski definition) is 3. The Balaban J connectivity index is 1.56. The number of β-amino-alcohol motifs (C(OH)–C–C–N with tert-alkyl or cyclic N) is 1. The van der Waals surface area contributed by atoms with Gasteiger partial charge >= 0.3 is 0 Å². The van der Waals surface area contributed by atoms with Gasteiger partial charge < -0.3 is 25.0 Å². The standard InChI is InChI=1S/C16H21N3O3/c1-21-14-4-2-12(3-5-14)15-8-13(19-22-15)9-18-11-16(20)6-7-17-10-16/h2-5,8,17-18,20H,6-7,9-11H2,1H3. The summed E-state index contributed by atoms with van der Waals surface area (Å²) >= 11 is 0. The third-order valence-electron chi connectivity index (χ3n) is 3.91. The second-order valence-electron chi connectivity index (χ2n) is 5.67. The molecule has 1 aromatic carbocycles. The van der Waals surface area contributed by atoms with Crippen molar-refractivity contribution in [2.24, 2.45) is 0 Å². The highest BCUT2D eigenvalue weighted by molar-refractivity contribution is 5.58. The molecule has 0 aliphatic carbocycles. The van der Waals surface area contributed by atoms with Crippen LogP contribution in [0.25, 0.3) is 11.3 Å². The molecule has 0 spiro atoms. The number of aliphatic hydroxyl groups is 1. The molecule has 1 aliphatic rings. The third kappa shape index (κ3) is 3.47. The first-order valence-electron chi connectivity index (χ1n) is 7.42. The molecule has 3 rings (SSSR count). The van der Waals surface area contributed by atoms with Crippen LogP contribution in [-0.2, 0) is 6.54 Å². The van der Waals surface area contributed by atoms with E-state index in [2.05, 4.69) is 15.8 Å². The van der Waals surface area contributed by atoms with Crippen LogP contribution >= 0.6 is 0 Å². The molecule has 0 bridgehead atoms. The quantitative estimate of drug-likeness (QED) is 0.743. The van der Waals surface area contributed by atoms with Gasteiger partial charge in [-0.3, -0.25) is 0 Å². The van der Waals surface area contributed by atoms with Crippen molar-refractivity contribution in [1.82, 2.24) is 15.8 Å². The Hall–Kier alpha value is -1.89. The number of methoxy groups -OCH3 is 1. The first-order valence-corrected chi connectivity index (χ1v) is 7.42. The van der Waals surface area contributed by atoms with Crippen molar-refractivity contribution >= 4 is 0 Å². The van der Waals surface area contributed by atoms with E-state index in [1.165, 1.54) is 0 Å². The van der Waals surface area contributed by atoms with Crippen LogP contribution in [0.15, 0.2) is 34.9 Å². The van der Waals surface area contributed by atoms with Gasteiger partial charge in [0.15, 0.2) is 5.76 Å². The van der Waals surface area contributed by atoms with Crippen molar-refractivity contribution in [2.45, 2.75) is 18.6 Å². The van der Waals surface area contributed by atoms with Gasteiger partial charge in [0.25, 0.3) is 0 Å². The van der Waals surface area contributed by atoms with E-state index in [-0.39, 0.29) is 0 Å². The van der Waals surface area contributed by atoms with E-state index in [1.807, 2.05) is 30.3 Å². The Bertz CT molecular complexity index is 603. The number of ether oxygens (including phenoxy) is 1. The number of nitrogens with one attached hydrogen (secondary N) is 2. The molecular formula is C16H21N3O3. The van der Waals surface area contributed by atoms with Crippen molar-refractivity contribution in [3.05, 3.63) is 36.0 Å². The molecule has 1 unspecified atom stereocenters. The fraction of sp³-hybridized carbons (Fsp3) is 0.438. The third-order valence-corrected chi connectivity index (χ3v) is 3.91. The lowest BCUT2D eigenvalue weighted by Gasteiger charge is -2.21. The van der Waals surface area contributed by atoms with Crippen molar-refractivity contribution < 1.29 is 14.4 Å². The summed E-state index contributed by atoms with van der Waals surface area (Å²) in [6.07, 6.45) is 0.774. The molecule has 118 valence electrons. The molecule has 0 radical (unpaired) electrons. The van der Waals surface area contributed by atoms with Crippen molar-refractivity contribution in [2.75, 3.05) is 26.7 Å². The minimum absolute atomic E-state index is 0.546. The molecule has 22 heavy (non-hydrogen) atoms. The normalized spacial score (nSPS) is 21.2. The smallest absolute Gasteiger partial charge is 0.167 e. The fourth-order valence-electron chi connectivity index (χ4n) is 2.59. The molecule has 1 fully saturated rings. The summed E-state index contributed by atoms with van der Waals surface area (Å²) < 4.78 is 10.5. The predicted octanol–water partition coefficient (Wildman–Crippen LogP) is 1.16. The Morgan fingerprint density at radius 3 is 2.91 bits per heavy atom. The lowest BCUT2D eigenvalue weighted by atomic mass is 10.0. The Morgan fingerprint density at radius 2 is 2.23 bits per heavy atom. The Labute approximate surface area is 129 Å². The van der Waals surface area contributed by atoms with Crippen LogP contribution < -0.4 is 15.4 Å². The van der Waals surface area contributed by atoms with E-state index in [9.17, 15) is 5.11 Å². The van der Waals surface area contributed by atoms with Crippen molar-refractivity contribution in [3.8, 4) is 17.1 Å². The molecule has 2 heterocycles. The summed E-state index contributed by atoms with van der Waals surface area (Å²) in [6, 6.07) is 9.55. The van der Waals surface area contributed by atoms with Crippen LogP contribution in [0.1, 0.15) is 12.1 Å². The molecule has 3 N–H and O–H groups in total. The maximum absolute atomic E-state index is 10.2. The van der Waals surface area contributed by atoms with Gasteiger partial charge in [-0.15, -0.1) is 0 Å². The van der Waals surface area contributed by atoms with Crippen LogP contribution in [0.5, 0.6) is 5.75 Å². The molecule has 1 saturated heterocycles. The van der Waals surface area contributed by atoms with Crippen molar-refractivity contribution in [1.29, 1.82) is 0 Å². The number of benzene rings is 1. The molecule has 2 aromatic rings. The highest BCUT2D eigenvalue weighted by atomic mass is 16.5. The first-order chi connectivity index (χ1) is 10.7. The summed E-state index contributed by atoms with van der Waals surface area (Å²) in [5.41, 5.74) is 1.13. The predicted molar refractivity (Wildman–Crippen MR) is 82.6 cm³/mol. The summed E-state index contributed by atoms with van der Waals surface area (Å²) in [6.45, 7) is 2.62. The van der Waals surface area contributed by atoms with Gasteiger partial charge in [-0.25, -0.2) is 0 Å². The van der Waals surface area contributed by atoms with Gasteiger partial charge in [0.2, 0.25) is 0 Å². The average Bonchev–Trinajstić information content (AvgIpc) is 3.17. The van der Waals surface area contributed by atoms with Crippen LogP contribution in [0.3, 0.4) is 0 Å². The largest absolute Gasteiger partial charge is 0.497 e. The van der Waals surface area contributed by atoms with E-state index in [4.69, 9.17) is 9.26 Å². The van der Waals surface area contributed by atoms with Gasteiger partial charge in [0, 0.05) is 31.3 Å². The van der Waals surface area contributed by atoms with Gasteiger partial charge in [-0.05, 0) is 37.2 Å². The van der Waals surface area contributed by atoms with Gasteiger partial charge in [0.05, 0.1) is 18.4 Å². The SMILES string of the molecule is COc1ccc(-c2cc(CNCC3(O)CCNC3)no2)cc1. The van der Waals surface area contributed by atoms with Crippen LogP contribution in [0.4, 0.5) is 0 Å². The van der Waals surface area contributed by atoms with Crippen molar-refractivity contribution in [3.63, 3.8) is 0 Å². The molecule has 6 heteroatoms. The molecule has 1 atom stereocenters. The number of rotatable bonds is 6. The molecule has 0 saturated carbocycles. The Morgan fingerprint density at radius 1 is 1.41 bits per heavy atom. The van der Waals surface area contributed by atoms with E-state index < -0.39 is 5.60 Å². The number of aromatic nitrogens is 1. The zero-order chi connectivity index (χ0) is 15.4. The zero-order valence-corrected chi connectivity index (χ0v) is 12.6. The molecule has 1 aromatic heterocycles. The highest BCUT2D eigenvalue weighted by Gasteiger charge is 2.30. The molecular weight excluding hydrogens is 282 g/mol. The zero-order valence-electron chi connectivity index (χ0n) is 12.6. The molecule has 1 aliphatic heterocycles. The summed E-state index contributed by atoms with van der Waals surface area (Å²) in [4.78, 5) is 0. The number of hydrogen-bond acceptors (Lipinski definition) is 6. The summed E-state index contributed by atoms with van der Waals surface area (Å²) in [5.74, 6) is 1.53. The Kier molecular flexibility index (Phi) is 4.42. The lowest BCUT2D eigenvalue weighted by Crippen LogP contribution is -2.42. The van der Waals surface area contributed by atoms with E-state index >= 15 is 0 Å². The second kappa shape index (κ2) is 6.48. The fourth-order valence-corrected chi connectivity index (χ4v) is 2.59. The van der Waals surface area contributed by atoms with E-state index in [1.54, 1.807) is 7.11 Å². The lowest BCUT2D eigenvalue weighted by molar-refractivity contribution is 0.0607. The molecule has 0 amide bonds. The topological polar surface area (TPSA) is 79.5 Å². The summed E-state index contributed by atoms with van der Waals surface area (Å²) in [7, 11) is 1.64. The van der Waals surface area contributed by atoms with Gasteiger partial charge in [-0.1, -0.05) is 5.16 Å². The monoisotopic (exact) mass is 303 g/mol. The van der Waals surface area contributed by atoms with Gasteiger partial charge in [-0.2, -0.15) is 0 Å². The first kappa shape index (κ1) is 15.0. The maximum atomic E-state index is 10.2. The molecule has 6 nitrogen and oxygen atoms in total. The van der Waals surface area contributed by atoms with E-state index in [0.717, 1.165) is 35.7 Å². The summed E-state index contributed by atoms with van der Waals surface area (Å²) in [5, 5.41) is 20.7. The van der Waals surface area contributed by atoms with Crippen LogP contribution in [0, 0.1) is 0 Å². The van der Waals surface area contributed by atoms with E-state index in [0.29, 0.717) is 19.6 Å². The van der Waals surface area contributed by atoms with Crippen LogP contribution in [-0.4, -0.2) is 42.6 Å². The maximum Gasteiger partial charge on any atom is 0.167 e. The van der Waals surface area contributed by atoms with Crippen LogP contribution in [0.2, 0.25) is 0 Å². The average molecular weight is 303 g/mol. The minimum atomic E-state index is -0.650. The minimum Gasteiger partial charge on any atom is -0.497 e.